The first-order valence-corrected chi connectivity index (χ1v) is 7.49. The maximum Gasteiger partial charge on any atom is 0.00697 e. The summed E-state index contributed by atoms with van der Waals surface area (Å²) in [5, 5.41) is 3.73. The summed E-state index contributed by atoms with van der Waals surface area (Å²) in [6.07, 6.45) is 11.3. The molecule has 1 aliphatic rings. The molecular formula is C15H31N. The number of hydrogen-bond donors (Lipinski definition) is 1. The molecule has 1 saturated carbocycles. The highest BCUT2D eigenvalue weighted by atomic mass is 14.9. The fraction of sp³-hybridized carbons (Fsp3) is 1.00. The van der Waals surface area contributed by atoms with E-state index >= 15 is 0 Å². The highest BCUT2D eigenvalue weighted by Gasteiger charge is 2.20. The van der Waals surface area contributed by atoms with Crippen LogP contribution in [0, 0.1) is 11.8 Å². The first-order valence-electron chi connectivity index (χ1n) is 7.49. The Balaban J connectivity index is 2.33. The zero-order valence-electron chi connectivity index (χ0n) is 11.6. The lowest BCUT2D eigenvalue weighted by Crippen LogP contribution is -2.31. The molecule has 0 bridgehead atoms. The Morgan fingerprint density at radius 1 is 1.19 bits per heavy atom. The van der Waals surface area contributed by atoms with Crippen molar-refractivity contribution < 1.29 is 0 Å². The second-order valence-corrected chi connectivity index (χ2v) is 5.79. The summed E-state index contributed by atoms with van der Waals surface area (Å²) in [5.74, 6) is 1.92. The van der Waals surface area contributed by atoms with Gasteiger partial charge in [0, 0.05) is 6.04 Å². The lowest BCUT2D eigenvalue weighted by molar-refractivity contribution is 0.319. The van der Waals surface area contributed by atoms with E-state index < -0.39 is 0 Å². The van der Waals surface area contributed by atoms with Gasteiger partial charge in [-0.1, -0.05) is 46.5 Å². The van der Waals surface area contributed by atoms with Crippen LogP contribution >= 0.6 is 0 Å². The lowest BCUT2D eigenvalue weighted by Gasteiger charge is -2.23. The second kappa shape index (κ2) is 8.11. The fourth-order valence-electron chi connectivity index (χ4n) is 2.95. The van der Waals surface area contributed by atoms with Crippen molar-refractivity contribution in [3.63, 3.8) is 0 Å². The Morgan fingerprint density at radius 3 is 2.62 bits per heavy atom. The van der Waals surface area contributed by atoms with Crippen LogP contribution in [0.1, 0.15) is 72.1 Å². The van der Waals surface area contributed by atoms with Crippen LogP contribution in [0.15, 0.2) is 0 Å². The van der Waals surface area contributed by atoms with Crippen molar-refractivity contribution >= 4 is 0 Å². The van der Waals surface area contributed by atoms with Crippen molar-refractivity contribution in [2.24, 2.45) is 11.8 Å². The highest BCUT2D eigenvalue weighted by Crippen LogP contribution is 2.29. The molecule has 0 aromatic rings. The Hall–Kier alpha value is -0.0400. The van der Waals surface area contributed by atoms with E-state index in [1.807, 2.05) is 0 Å². The minimum atomic E-state index is 0.816. The van der Waals surface area contributed by atoms with Gasteiger partial charge in [0.1, 0.15) is 0 Å². The summed E-state index contributed by atoms with van der Waals surface area (Å²) in [6.45, 7) is 8.22. The van der Waals surface area contributed by atoms with E-state index in [-0.39, 0.29) is 0 Å². The molecule has 0 aliphatic heterocycles. The molecule has 1 aliphatic carbocycles. The van der Waals surface area contributed by atoms with E-state index in [9.17, 15) is 0 Å². The molecule has 0 aromatic carbocycles. The molecule has 3 atom stereocenters. The van der Waals surface area contributed by atoms with Gasteiger partial charge in [-0.25, -0.2) is 0 Å². The summed E-state index contributed by atoms with van der Waals surface area (Å²) in [6, 6.07) is 0.816. The van der Waals surface area contributed by atoms with Crippen molar-refractivity contribution in [1.29, 1.82) is 0 Å². The average Bonchev–Trinajstić information content (AvgIpc) is 2.51. The molecule has 1 fully saturated rings. The van der Waals surface area contributed by atoms with Crippen LogP contribution in [-0.4, -0.2) is 12.6 Å². The summed E-state index contributed by atoms with van der Waals surface area (Å²) in [5.41, 5.74) is 0. The molecule has 1 N–H and O–H groups in total. The van der Waals surface area contributed by atoms with Crippen molar-refractivity contribution in [3.05, 3.63) is 0 Å². The third-order valence-corrected chi connectivity index (χ3v) is 4.15. The van der Waals surface area contributed by atoms with Gasteiger partial charge >= 0.3 is 0 Å². The molecule has 1 nitrogen and oxygen atoms in total. The molecule has 0 radical (unpaired) electrons. The van der Waals surface area contributed by atoms with Crippen LogP contribution in [0.3, 0.4) is 0 Å². The summed E-state index contributed by atoms with van der Waals surface area (Å²) in [4.78, 5) is 0. The molecule has 0 heterocycles. The Labute approximate surface area is 102 Å². The van der Waals surface area contributed by atoms with Crippen LogP contribution in [0.25, 0.3) is 0 Å². The summed E-state index contributed by atoms with van der Waals surface area (Å²) >= 11 is 0. The molecule has 96 valence electrons. The molecule has 1 heteroatoms. The van der Waals surface area contributed by atoms with E-state index in [4.69, 9.17) is 0 Å². The van der Waals surface area contributed by atoms with Crippen LogP contribution in [0.5, 0.6) is 0 Å². The molecule has 0 spiro atoms. The number of nitrogens with one attached hydrogen (secondary N) is 1. The zero-order valence-corrected chi connectivity index (χ0v) is 11.6. The normalized spacial score (nSPS) is 28.7. The summed E-state index contributed by atoms with van der Waals surface area (Å²) < 4.78 is 0. The lowest BCUT2D eigenvalue weighted by atomic mass is 9.87. The van der Waals surface area contributed by atoms with Gasteiger partial charge in [0.05, 0.1) is 0 Å². The SMILES string of the molecule is CCCNC1CCCCC(CC(C)CC)C1. The fourth-order valence-corrected chi connectivity index (χ4v) is 2.95. The first-order chi connectivity index (χ1) is 7.76. The highest BCUT2D eigenvalue weighted by molar-refractivity contribution is 4.77. The van der Waals surface area contributed by atoms with Crippen LogP contribution in [0.2, 0.25) is 0 Å². The molecule has 3 unspecified atom stereocenters. The largest absolute Gasteiger partial charge is 0.314 e. The maximum absolute atomic E-state index is 3.73. The van der Waals surface area contributed by atoms with E-state index in [1.165, 1.54) is 57.9 Å². The predicted molar refractivity (Wildman–Crippen MR) is 72.7 cm³/mol. The van der Waals surface area contributed by atoms with Crippen LogP contribution in [0.4, 0.5) is 0 Å². The predicted octanol–water partition coefficient (Wildman–Crippen LogP) is 4.37. The Bertz CT molecular complexity index is 167. The summed E-state index contributed by atoms with van der Waals surface area (Å²) in [7, 11) is 0. The molecule has 1 rings (SSSR count). The van der Waals surface area contributed by atoms with E-state index in [2.05, 4.69) is 26.1 Å². The maximum atomic E-state index is 3.73. The van der Waals surface area contributed by atoms with Gasteiger partial charge in [-0.3, -0.25) is 0 Å². The van der Waals surface area contributed by atoms with Gasteiger partial charge in [-0.2, -0.15) is 0 Å². The number of rotatable bonds is 6. The van der Waals surface area contributed by atoms with Crippen molar-refractivity contribution in [2.75, 3.05) is 6.54 Å². The van der Waals surface area contributed by atoms with Crippen LogP contribution in [-0.2, 0) is 0 Å². The van der Waals surface area contributed by atoms with Gasteiger partial charge in [0.15, 0.2) is 0 Å². The second-order valence-electron chi connectivity index (χ2n) is 5.79. The third-order valence-electron chi connectivity index (χ3n) is 4.15. The Kier molecular flexibility index (Phi) is 7.11. The van der Waals surface area contributed by atoms with Crippen molar-refractivity contribution in [2.45, 2.75) is 78.2 Å². The molecule has 0 amide bonds. The smallest absolute Gasteiger partial charge is 0.00697 e. The molecular weight excluding hydrogens is 194 g/mol. The standard InChI is InChI=1S/C15H31N/c1-4-10-16-15-9-7-6-8-14(12-15)11-13(3)5-2/h13-16H,4-12H2,1-3H3. The third kappa shape index (κ3) is 5.34. The van der Waals surface area contributed by atoms with Gasteiger partial charge in [0.25, 0.3) is 0 Å². The number of hydrogen-bond acceptors (Lipinski definition) is 1. The van der Waals surface area contributed by atoms with Gasteiger partial charge in [0.2, 0.25) is 0 Å². The van der Waals surface area contributed by atoms with Crippen molar-refractivity contribution in [3.8, 4) is 0 Å². The first kappa shape index (κ1) is 14.0. The Morgan fingerprint density at radius 2 is 1.94 bits per heavy atom. The zero-order chi connectivity index (χ0) is 11.8. The van der Waals surface area contributed by atoms with E-state index in [0.29, 0.717) is 0 Å². The molecule has 0 saturated heterocycles. The minimum absolute atomic E-state index is 0.816. The minimum Gasteiger partial charge on any atom is -0.314 e. The van der Waals surface area contributed by atoms with E-state index in [0.717, 1.165) is 17.9 Å². The monoisotopic (exact) mass is 225 g/mol. The van der Waals surface area contributed by atoms with Gasteiger partial charge < -0.3 is 5.32 Å². The molecule has 16 heavy (non-hydrogen) atoms. The van der Waals surface area contributed by atoms with Gasteiger partial charge in [-0.15, -0.1) is 0 Å². The average molecular weight is 225 g/mol. The van der Waals surface area contributed by atoms with Gasteiger partial charge in [-0.05, 0) is 44.1 Å². The quantitative estimate of drug-likeness (QED) is 0.662. The van der Waals surface area contributed by atoms with Crippen molar-refractivity contribution in [1.82, 2.24) is 5.32 Å². The molecule has 0 aromatic heterocycles. The van der Waals surface area contributed by atoms with E-state index in [1.54, 1.807) is 0 Å². The van der Waals surface area contributed by atoms with Crippen LogP contribution < -0.4 is 5.32 Å². The topological polar surface area (TPSA) is 12.0 Å².